The number of thiophene rings is 1. The minimum atomic E-state index is -0.108. The van der Waals surface area contributed by atoms with Crippen LogP contribution in [0.25, 0.3) is 26.8 Å². The molecule has 0 fully saturated rings. The van der Waals surface area contributed by atoms with Crippen molar-refractivity contribution in [2.45, 2.75) is 91.4 Å². The van der Waals surface area contributed by atoms with Crippen LogP contribution in [0.5, 0.6) is 0 Å². The summed E-state index contributed by atoms with van der Waals surface area (Å²) in [5.74, 6) is 0. The first-order valence-electron chi connectivity index (χ1n) is 23.3. The van der Waals surface area contributed by atoms with Gasteiger partial charge in [-0.2, -0.15) is 0 Å². The highest BCUT2D eigenvalue weighted by atomic mass is 32.1. The highest BCUT2D eigenvalue weighted by molar-refractivity contribution is 7.19. The van der Waals surface area contributed by atoms with Gasteiger partial charge in [-0.3, -0.25) is 0 Å². The van der Waals surface area contributed by atoms with Crippen molar-refractivity contribution in [3.63, 3.8) is 0 Å². The first-order valence-corrected chi connectivity index (χ1v) is 24.1. The lowest BCUT2D eigenvalue weighted by Crippen LogP contribution is -2.61. The van der Waals surface area contributed by atoms with Crippen molar-refractivity contribution in [1.29, 1.82) is 0 Å². The lowest BCUT2D eigenvalue weighted by Gasteiger charge is -2.45. The van der Waals surface area contributed by atoms with Gasteiger partial charge in [0, 0.05) is 60.1 Å². The van der Waals surface area contributed by atoms with Gasteiger partial charge < -0.3 is 9.80 Å². The zero-order chi connectivity index (χ0) is 44.0. The predicted octanol–water partition coefficient (Wildman–Crippen LogP) is 14.6. The van der Waals surface area contributed by atoms with Crippen LogP contribution in [0, 0.1) is 6.92 Å². The fourth-order valence-corrected chi connectivity index (χ4v) is 12.8. The summed E-state index contributed by atoms with van der Waals surface area (Å²) >= 11 is 1.97. The van der Waals surface area contributed by atoms with Gasteiger partial charge in [0.1, 0.15) is 0 Å². The minimum absolute atomic E-state index is 0.00910. The number of allylic oxidation sites excluding steroid dienone is 1. The van der Waals surface area contributed by atoms with E-state index in [1.165, 1.54) is 121 Å². The van der Waals surface area contributed by atoms with Gasteiger partial charge >= 0.3 is 0 Å². The van der Waals surface area contributed by atoms with Crippen LogP contribution in [0.4, 0.5) is 34.1 Å². The molecule has 0 spiro atoms. The van der Waals surface area contributed by atoms with Crippen LogP contribution < -0.4 is 26.2 Å². The molecule has 8 aromatic rings. The average molecular weight is 847 g/mol. The minimum Gasteiger partial charge on any atom is -0.311 e. The number of aryl methyl sites for hydroxylation is 2. The van der Waals surface area contributed by atoms with Crippen molar-refractivity contribution in [2.24, 2.45) is 0 Å². The van der Waals surface area contributed by atoms with E-state index in [1.54, 1.807) is 0 Å². The number of anilines is 6. The molecule has 0 radical (unpaired) electrons. The van der Waals surface area contributed by atoms with Gasteiger partial charge in [0.15, 0.2) is 0 Å². The molecule has 2 nitrogen and oxygen atoms in total. The van der Waals surface area contributed by atoms with E-state index in [4.69, 9.17) is 0 Å². The van der Waals surface area contributed by atoms with Crippen LogP contribution in [-0.2, 0) is 22.7 Å². The van der Waals surface area contributed by atoms with E-state index in [1.807, 2.05) is 11.3 Å². The van der Waals surface area contributed by atoms with Gasteiger partial charge in [0.25, 0.3) is 6.71 Å². The zero-order valence-electron chi connectivity index (χ0n) is 38.7. The molecule has 0 amide bonds. The summed E-state index contributed by atoms with van der Waals surface area (Å²) < 4.78 is 1.38. The van der Waals surface area contributed by atoms with Crippen molar-refractivity contribution in [2.75, 3.05) is 9.80 Å². The van der Waals surface area contributed by atoms with E-state index in [0.29, 0.717) is 0 Å². The van der Waals surface area contributed by atoms with Crippen LogP contribution >= 0.6 is 11.3 Å². The Morgan fingerprint density at radius 1 is 0.578 bits per heavy atom. The summed E-state index contributed by atoms with van der Waals surface area (Å²) in [6, 6.07) is 54.3. The predicted molar refractivity (Wildman–Crippen MR) is 277 cm³/mol. The molecule has 0 unspecified atom stereocenters. The highest BCUT2D eigenvalue weighted by Gasteiger charge is 2.45. The Hall–Kier alpha value is -6.10. The summed E-state index contributed by atoms with van der Waals surface area (Å²) in [5.41, 5.74) is 25.0. The third-order valence-corrected chi connectivity index (χ3v) is 16.1. The van der Waals surface area contributed by atoms with E-state index in [0.717, 1.165) is 12.8 Å². The maximum absolute atomic E-state index is 2.59. The molecular weight excluding hydrogens is 792 g/mol. The Morgan fingerprint density at radius 2 is 1.23 bits per heavy atom. The topological polar surface area (TPSA) is 6.48 Å². The summed E-state index contributed by atoms with van der Waals surface area (Å²) in [7, 11) is 0. The Kier molecular flexibility index (Phi) is 8.46. The van der Waals surface area contributed by atoms with Gasteiger partial charge in [-0.1, -0.05) is 146 Å². The van der Waals surface area contributed by atoms with Crippen molar-refractivity contribution < 1.29 is 0 Å². The second kappa shape index (κ2) is 13.7. The van der Waals surface area contributed by atoms with E-state index in [9.17, 15) is 0 Å². The normalized spacial score (nSPS) is 15.6. The molecule has 0 saturated heterocycles. The number of nitrogens with zero attached hydrogens (tertiary/aromatic N) is 2. The fraction of sp³-hybridized carbons (Fsp3) is 0.233. The monoisotopic (exact) mass is 846 g/mol. The molecular formula is C60H55BN2S. The Labute approximate surface area is 384 Å². The molecule has 64 heavy (non-hydrogen) atoms. The molecule has 3 heterocycles. The van der Waals surface area contributed by atoms with E-state index >= 15 is 0 Å². The molecule has 12 rings (SSSR count). The van der Waals surface area contributed by atoms with Crippen LogP contribution in [0.15, 0.2) is 146 Å². The van der Waals surface area contributed by atoms with Crippen molar-refractivity contribution in [3.8, 4) is 11.1 Å². The Balaban J connectivity index is 1.08. The summed E-state index contributed by atoms with van der Waals surface area (Å²) in [6.45, 7) is 21.2. The standard InChI is InChI=1S/C60H55BN2S/c1-36-31-52-57-53(32-36)63(41-27-28-44-43-15-10-12-18-46(43)60(8,9)47(44)35-41)50-30-24-38(58(2,3)4)33-49(50)61(57)48-29-23-39(59(5,6)7)34-51(48)62(52)40-25-21-37(22-26-40)42-17-14-20-55-56(42)45-16-11-13-19-54(45)64-55/h10-13,15-19,21-35H,14,20H2,1-9H3. The summed E-state index contributed by atoms with van der Waals surface area (Å²) in [6.07, 6.45) is 4.66. The Morgan fingerprint density at radius 3 is 2.00 bits per heavy atom. The number of hydrogen-bond donors (Lipinski definition) is 0. The second-order valence-corrected chi connectivity index (χ2v) is 22.5. The Bertz CT molecular complexity index is 3290. The van der Waals surface area contributed by atoms with Crippen molar-refractivity contribution in [1.82, 2.24) is 0 Å². The fourth-order valence-electron chi connectivity index (χ4n) is 11.5. The van der Waals surface area contributed by atoms with E-state index in [-0.39, 0.29) is 23.0 Å². The summed E-state index contributed by atoms with van der Waals surface area (Å²) in [5, 5.41) is 1.38. The molecule has 1 aromatic heterocycles. The van der Waals surface area contributed by atoms with Gasteiger partial charge in [-0.25, -0.2) is 0 Å². The second-order valence-electron chi connectivity index (χ2n) is 21.4. The highest BCUT2D eigenvalue weighted by Crippen LogP contribution is 2.52. The number of benzene rings is 7. The molecule has 0 saturated carbocycles. The molecule has 4 aliphatic rings. The van der Waals surface area contributed by atoms with Crippen LogP contribution in [0.2, 0.25) is 0 Å². The smallest absolute Gasteiger partial charge is 0.252 e. The van der Waals surface area contributed by atoms with Crippen molar-refractivity contribution >= 4 is 84.2 Å². The molecule has 314 valence electrons. The first kappa shape index (κ1) is 39.5. The average Bonchev–Trinajstić information content (AvgIpc) is 3.77. The largest absolute Gasteiger partial charge is 0.311 e. The number of fused-ring (bicyclic) bond motifs is 10. The van der Waals surface area contributed by atoms with E-state index in [2.05, 4.69) is 218 Å². The van der Waals surface area contributed by atoms with Crippen LogP contribution in [-0.4, -0.2) is 6.71 Å². The van der Waals surface area contributed by atoms with Crippen LogP contribution in [0.3, 0.4) is 0 Å². The number of hydrogen-bond acceptors (Lipinski definition) is 3. The van der Waals surface area contributed by atoms with Gasteiger partial charge in [0.2, 0.25) is 0 Å². The lowest BCUT2D eigenvalue weighted by molar-refractivity contribution is 0.590. The molecule has 2 aliphatic carbocycles. The molecule has 0 bridgehead atoms. The van der Waals surface area contributed by atoms with E-state index < -0.39 is 0 Å². The molecule has 2 aliphatic heterocycles. The zero-order valence-corrected chi connectivity index (χ0v) is 39.5. The molecule has 4 heteroatoms. The van der Waals surface area contributed by atoms with Gasteiger partial charge in [-0.05, 0) is 152 Å². The SMILES string of the molecule is Cc1cc2c3c(c1)N(c1ccc(C4=CCCc5sc6ccccc6c54)cc1)c1cc(C(C)(C)C)ccc1B3c1cc(C(C)(C)C)ccc1N2c1ccc2c(c1)C(C)(C)c1ccccc1-2. The first-order chi connectivity index (χ1) is 30.7. The quantitative estimate of drug-likeness (QED) is 0.163. The van der Waals surface area contributed by atoms with Crippen LogP contribution in [0.1, 0.15) is 106 Å². The van der Waals surface area contributed by atoms with Crippen molar-refractivity contribution in [3.05, 3.63) is 189 Å². The summed E-state index contributed by atoms with van der Waals surface area (Å²) in [4.78, 5) is 6.70. The lowest BCUT2D eigenvalue weighted by atomic mass is 9.33. The third-order valence-electron chi connectivity index (χ3n) is 14.9. The van der Waals surface area contributed by atoms with Gasteiger partial charge in [0.05, 0.1) is 0 Å². The number of rotatable bonds is 3. The van der Waals surface area contributed by atoms with Gasteiger partial charge in [-0.15, -0.1) is 11.3 Å². The maximum atomic E-state index is 2.59. The third kappa shape index (κ3) is 5.77. The molecule has 0 N–H and O–H groups in total. The molecule has 7 aromatic carbocycles. The molecule has 0 atom stereocenters. The maximum Gasteiger partial charge on any atom is 0.252 e.